The van der Waals surface area contributed by atoms with E-state index in [0.717, 1.165) is 18.0 Å². The molecule has 0 aliphatic carbocycles. The summed E-state index contributed by atoms with van der Waals surface area (Å²) in [6.45, 7) is 4.62. The third-order valence-electron chi connectivity index (χ3n) is 3.78. The highest BCUT2D eigenvalue weighted by molar-refractivity contribution is 7.13. The summed E-state index contributed by atoms with van der Waals surface area (Å²) in [4.78, 5) is 28.2. The SMILES string of the molecule is CC[C@H](C)[C@H](NC(=O)[C@@H](N)CCCNc1nccs1)C(=O)NC. The number of rotatable bonds is 10. The lowest BCUT2D eigenvalue weighted by atomic mass is 9.97. The first kappa shape index (κ1) is 19.4. The van der Waals surface area contributed by atoms with Gasteiger partial charge in [0, 0.05) is 25.2 Å². The highest BCUT2D eigenvalue weighted by Crippen LogP contribution is 2.11. The van der Waals surface area contributed by atoms with Crippen molar-refractivity contribution in [2.45, 2.75) is 45.2 Å². The molecule has 0 saturated carbocycles. The van der Waals surface area contributed by atoms with Gasteiger partial charge >= 0.3 is 0 Å². The number of carbonyl (C=O) groups is 2. The van der Waals surface area contributed by atoms with Crippen LogP contribution in [0.5, 0.6) is 0 Å². The van der Waals surface area contributed by atoms with Crippen LogP contribution in [0.3, 0.4) is 0 Å². The average Bonchev–Trinajstić information content (AvgIpc) is 3.08. The van der Waals surface area contributed by atoms with Crippen LogP contribution in [0.2, 0.25) is 0 Å². The van der Waals surface area contributed by atoms with Gasteiger partial charge in [0.2, 0.25) is 11.8 Å². The highest BCUT2D eigenvalue weighted by atomic mass is 32.1. The Hall–Kier alpha value is -1.67. The number of thiazole rings is 1. The second-order valence-electron chi connectivity index (χ2n) is 5.50. The van der Waals surface area contributed by atoms with Gasteiger partial charge in [-0.15, -0.1) is 11.3 Å². The summed E-state index contributed by atoms with van der Waals surface area (Å²) >= 11 is 1.53. The third kappa shape index (κ3) is 6.54. The molecule has 0 unspecified atom stereocenters. The molecule has 8 heteroatoms. The van der Waals surface area contributed by atoms with Gasteiger partial charge in [0.1, 0.15) is 6.04 Å². The molecular weight excluding hydrogens is 314 g/mol. The topological polar surface area (TPSA) is 109 Å². The maximum atomic E-state index is 12.2. The summed E-state index contributed by atoms with van der Waals surface area (Å²) in [7, 11) is 1.56. The standard InChI is InChI=1S/C15H27N5O2S/c1-4-10(2)12(14(22)17-3)20-13(21)11(16)6-5-7-18-15-19-8-9-23-15/h8-12H,4-7,16H2,1-3H3,(H,17,22)(H,18,19)(H,20,21)/t10-,11-,12-/m0/s1. The van der Waals surface area contributed by atoms with Gasteiger partial charge in [0.25, 0.3) is 0 Å². The molecule has 5 N–H and O–H groups in total. The molecule has 0 radical (unpaired) electrons. The molecule has 1 rings (SSSR count). The van der Waals surface area contributed by atoms with Crippen molar-refractivity contribution >= 4 is 28.3 Å². The first-order valence-corrected chi connectivity index (χ1v) is 8.78. The largest absolute Gasteiger partial charge is 0.362 e. The lowest BCUT2D eigenvalue weighted by Gasteiger charge is -2.24. The second-order valence-corrected chi connectivity index (χ2v) is 6.39. The zero-order valence-corrected chi connectivity index (χ0v) is 14.8. The molecule has 130 valence electrons. The van der Waals surface area contributed by atoms with Gasteiger partial charge in [-0.2, -0.15) is 0 Å². The Morgan fingerprint density at radius 1 is 1.39 bits per heavy atom. The van der Waals surface area contributed by atoms with Crippen molar-refractivity contribution in [1.29, 1.82) is 0 Å². The molecule has 0 spiro atoms. The number of nitrogens with one attached hydrogen (secondary N) is 3. The molecule has 0 fully saturated rings. The minimum atomic E-state index is -0.621. The van der Waals surface area contributed by atoms with Crippen LogP contribution >= 0.6 is 11.3 Å². The van der Waals surface area contributed by atoms with E-state index in [1.807, 2.05) is 19.2 Å². The van der Waals surface area contributed by atoms with E-state index in [2.05, 4.69) is 20.9 Å². The molecule has 1 aromatic rings. The number of hydrogen-bond donors (Lipinski definition) is 4. The normalized spacial score (nSPS) is 14.6. The number of hydrogen-bond acceptors (Lipinski definition) is 6. The van der Waals surface area contributed by atoms with Gasteiger partial charge in [-0.3, -0.25) is 9.59 Å². The Morgan fingerprint density at radius 2 is 2.13 bits per heavy atom. The Bertz CT molecular complexity index is 480. The number of nitrogens with two attached hydrogens (primary N) is 1. The van der Waals surface area contributed by atoms with Gasteiger partial charge in [-0.1, -0.05) is 20.3 Å². The van der Waals surface area contributed by atoms with Crippen LogP contribution in [0.4, 0.5) is 5.13 Å². The number of anilines is 1. The van der Waals surface area contributed by atoms with Crippen molar-refractivity contribution in [3.63, 3.8) is 0 Å². The van der Waals surface area contributed by atoms with Crippen molar-refractivity contribution in [3.05, 3.63) is 11.6 Å². The number of carbonyl (C=O) groups excluding carboxylic acids is 2. The fourth-order valence-electron chi connectivity index (χ4n) is 2.08. The summed E-state index contributed by atoms with van der Waals surface area (Å²) in [6.07, 6.45) is 3.83. The van der Waals surface area contributed by atoms with E-state index in [-0.39, 0.29) is 17.7 Å². The fraction of sp³-hybridized carbons (Fsp3) is 0.667. The minimum Gasteiger partial charge on any atom is -0.362 e. The Labute approximate surface area is 141 Å². The summed E-state index contributed by atoms with van der Waals surface area (Å²) in [5, 5.41) is 11.3. The predicted octanol–water partition coefficient (Wildman–Crippen LogP) is 0.939. The van der Waals surface area contributed by atoms with Crippen molar-refractivity contribution in [3.8, 4) is 0 Å². The zero-order chi connectivity index (χ0) is 17.2. The van der Waals surface area contributed by atoms with Crippen LogP contribution in [0.1, 0.15) is 33.1 Å². The van der Waals surface area contributed by atoms with E-state index in [0.29, 0.717) is 13.0 Å². The van der Waals surface area contributed by atoms with Crippen molar-refractivity contribution in [1.82, 2.24) is 15.6 Å². The van der Waals surface area contributed by atoms with Gasteiger partial charge in [-0.05, 0) is 18.8 Å². The maximum Gasteiger partial charge on any atom is 0.242 e. The quantitative estimate of drug-likeness (QED) is 0.474. The Kier molecular flexibility index (Phi) is 8.57. The lowest BCUT2D eigenvalue weighted by molar-refractivity contribution is -0.130. The van der Waals surface area contributed by atoms with Crippen LogP contribution < -0.4 is 21.7 Å². The second kappa shape index (κ2) is 10.2. The van der Waals surface area contributed by atoms with E-state index in [1.165, 1.54) is 11.3 Å². The van der Waals surface area contributed by atoms with E-state index < -0.39 is 12.1 Å². The van der Waals surface area contributed by atoms with Gasteiger partial charge in [0.15, 0.2) is 5.13 Å². The lowest BCUT2D eigenvalue weighted by Crippen LogP contribution is -2.53. The highest BCUT2D eigenvalue weighted by Gasteiger charge is 2.26. The monoisotopic (exact) mass is 341 g/mol. The molecule has 23 heavy (non-hydrogen) atoms. The van der Waals surface area contributed by atoms with Crippen LogP contribution in [-0.2, 0) is 9.59 Å². The molecule has 7 nitrogen and oxygen atoms in total. The van der Waals surface area contributed by atoms with Crippen LogP contribution in [0.25, 0.3) is 0 Å². The molecule has 0 aliphatic rings. The Morgan fingerprint density at radius 3 is 2.70 bits per heavy atom. The molecule has 1 aromatic heterocycles. The van der Waals surface area contributed by atoms with E-state index in [4.69, 9.17) is 5.73 Å². The summed E-state index contributed by atoms with van der Waals surface area (Å²) < 4.78 is 0. The van der Waals surface area contributed by atoms with Crippen molar-refractivity contribution < 1.29 is 9.59 Å². The van der Waals surface area contributed by atoms with Crippen molar-refractivity contribution in [2.75, 3.05) is 18.9 Å². The van der Waals surface area contributed by atoms with Crippen LogP contribution in [0.15, 0.2) is 11.6 Å². The Balaban J connectivity index is 2.37. The van der Waals surface area contributed by atoms with Crippen LogP contribution in [0, 0.1) is 5.92 Å². The number of nitrogens with zero attached hydrogens (tertiary/aromatic N) is 1. The summed E-state index contributed by atoms with van der Waals surface area (Å²) in [5.41, 5.74) is 5.92. The van der Waals surface area contributed by atoms with E-state index in [1.54, 1.807) is 13.2 Å². The average molecular weight is 341 g/mol. The first-order valence-electron chi connectivity index (χ1n) is 7.90. The number of likely N-dealkylation sites (N-methyl/N-ethyl adjacent to an activating group) is 1. The third-order valence-corrected chi connectivity index (χ3v) is 4.51. The summed E-state index contributed by atoms with van der Waals surface area (Å²) in [5.74, 6) is -0.420. The molecule has 1 heterocycles. The molecule has 0 bridgehead atoms. The predicted molar refractivity (Wildman–Crippen MR) is 93.3 cm³/mol. The fourth-order valence-corrected chi connectivity index (χ4v) is 2.63. The smallest absolute Gasteiger partial charge is 0.242 e. The zero-order valence-electron chi connectivity index (χ0n) is 14.0. The number of aromatic nitrogens is 1. The molecule has 0 saturated heterocycles. The van der Waals surface area contributed by atoms with Crippen LogP contribution in [-0.4, -0.2) is 42.5 Å². The minimum absolute atomic E-state index is 0.0534. The number of amides is 2. The summed E-state index contributed by atoms with van der Waals surface area (Å²) in [6, 6.07) is -1.17. The molecular formula is C15H27N5O2S. The van der Waals surface area contributed by atoms with Gasteiger partial charge in [0.05, 0.1) is 6.04 Å². The molecule has 0 aromatic carbocycles. The van der Waals surface area contributed by atoms with E-state index in [9.17, 15) is 9.59 Å². The molecule has 3 atom stereocenters. The van der Waals surface area contributed by atoms with Crippen molar-refractivity contribution in [2.24, 2.45) is 11.7 Å². The van der Waals surface area contributed by atoms with Gasteiger partial charge in [-0.25, -0.2) is 4.98 Å². The molecule has 2 amide bonds. The first-order chi connectivity index (χ1) is 11.0. The van der Waals surface area contributed by atoms with E-state index >= 15 is 0 Å². The molecule has 0 aliphatic heterocycles. The van der Waals surface area contributed by atoms with Gasteiger partial charge < -0.3 is 21.7 Å². The maximum absolute atomic E-state index is 12.2.